The Hall–Kier alpha value is -1.84. The number of piperidine rings is 1. The molecule has 1 amide bonds. The van der Waals surface area contributed by atoms with Gasteiger partial charge in [-0.3, -0.25) is 9.59 Å². The van der Waals surface area contributed by atoms with E-state index < -0.39 is 11.9 Å². The summed E-state index contributed by atoms with van der Waals surface area (Å²) in [4.78, 5) is 25.4. The van der Waals surface area contributed by atoms with Gasteiger partial charge in [0.05, 0.1) is 5.92 Å². The van der Waals surface area contributed by atoms with E-state index in [-0.39, 0.29) is 11.9 Å². The number of carboxylic acids is 1. The van der Waals surface area contributed by atoms with E-state index in [9.17, 15) is 9.59 Å². The van der Waals surface area contributed by atoms with Gasteiger partial charge in [0, 0.05) is 18.2 Å². The highest BCUT2D eigenvalue weighted by atomic mass is 16.4. The van der Waals surface area contributed by atoms with Crippen molar-refractivity contribution >= 4 is 11.9 Å². The number of carbonyl (C=O) groups excluding carboxylic acids is 1. The largest absolute Gasteiger partial charge is 0.481 e. The SMILES string of the molecule is CC(C)c1ccc(C(=O)N2CC(C(=O)O)CCC2C)cc1. The smallest absolute Gasteiger partial charge is 0.308 e. The Morgan fingerprint density at radius 2 is 1.81 bits per heavy atom. The first-order chi connectivity index (χ1) is 9.90. The van der Waals surface area contributed by atoms with Gasteiger partial charge in [-0.05, 0) is 43.4 Å². The summed E-state index contributed by atoms with van der Waals surface area (Å²) in [5, 5.41) is 9.15. The molecule has 0 bridgehead atoms. The summed E-state index contributed by atoms with van der Waals surface area (Å²) in [6.45, 7) is 6.52. The molecule has 0 aromatic heterocycles. The number of carboxylic acid groups (broad SMARTS) is 1. The summed E-state index contributed by atoms with van der Waals surface area (Å²) in [5.41, 5.74) is 1.83. The number of amides is 1. The quantitative estimate of drug-likeness (QED) is 0.930. The molecule has 0 saturated carbocycles. The molecule has 1 heterocycles. The molecule has 1 aromatic carbocycles. The first-order valence-corrected chi connectivity index (χ1v) is 7.54. The van der Waals surface area contributed by atoms with E-state index in [1.54, 1.807) is 4.90 Å². The minimum absolute atomic E-state index is 0.0660. The third kappa shape index (κ3) is 3.43. The molecule has 1 saturated heterocycles. The monoisotopic (exact) mass is 289 g/mol. The fourth-order valence-corrected chi connectivity index (χ4v) is 2.77. The fraction of sp³-hybridized carbons (Fsp3) is 0.529. The first-order valence-electron chi connectivity index (χ1n) is 7.54. The zero-order chi connectivity index (χ0) is 15.6. The van der Waals surface area contributed by atoms with Crippen LogP contribution < -0.4 is 0 Å². The average molecular weight is 289 g/mol. The second-order valence-electron chi connectivity index (χ2n) is 6.20. The Labute approximate surface area is 125 Å². The van der Waals surface area contributed by atoms with E-state index in [0.29, 0.717) is 24.4 Å². The number of rotatable bonds is 3. The molecule has 0 spiro atoms. The van der Waals surface area contributed by atoms with E-state index in [0.717, 1.165) is 6.42 Å². The summed E-state index contributed by atoms with van der Waals surface area (Å²) < 4.78 is 0. The number of likely N-dealkylation sites (tertiary alicyclic amines) is 1. The number of aliphatic carboxylic acids is 1. The molecule has 1 aliphatic heterocycles. The maximum atomic E-state index is 12.6. The first kappa shape index (κ1) is 15.5. The van der Waals surface area contributed by atoms with Gasteiger partial charge in [0.1, 0.15) is 0 Å². The lowest BCUT2D eigenvalue weighted by Gasteiger charge is -2.36. The van der Waals surface area contributed by atoms with Gasteiger partial charge in [-0.25, -0.2) is 0 Å². The molecule has 4 nitrogen and oxygen atoms in total. The maximum Gasteiger partial charge on any atom is 0.308 e. The van der Waals surface area contributed by atoms with Gasteiger partial charge in [-0.2, -0.15) is 0 Å². The van der Waals surface area contributed by atoms with E-state index in [1.165, 1.54) is 5.56 Å². The maximum absolute atomic E-state index is 12.6. The molecule has 21 heavy (non-hydrogen) atoms. The van der Waals surface area contributed by atoms with Gasteiger partial charge in [0.2, 0.25) is 0 Å². The lowest BCUT2D eigenvalue weighted by atomic mass is 9.92. The van der Waals surface area contributed by atoms with Crippen molar-refractivity contribution in [3.63, 3.8) is 0 Å². The summed E-state index contributed by atoms with van der Waals surface area (Å²) in [5.74, 6) is -0.891. The molecule has 0 aliphatic carbocycles. The van der Waals surface area contributed by atoms with Crippen LogP contribution in [0, 0.1) is 5.92 Å². The Balaban J connectivity index is 2.15. The van der Waals surface area contributed by atoms with Gasteiger partial charge >= 0.3 is 5.97 Å². The van der Waals surface area contributed by atoms with E-state index >= 15 is 0 Å². The normalized spacial score (nSPS) is 22.4. The summed E-state index contributed by atoms with van der Waals surface area (Å²) >= 11 is 0. The predicted molar refractivity (Wildman–Crippen MR) is 81.4 cm³/mol. The van der Waals surface area contributed by atoms with Crippen LogP contribution in [-0.4, -0.2) is 34.5 Å². The van der Waals surface area contributed by atoms with Crippen molar-refractivity contribution in [1.82, 2.24) is 4.90 Å². The average Bonchev–Trinajstić information content (AvgIpc) is 2.47. The van der Waals surface area contributed by atoms with Crippen LogP contribution >= 0.6 is 0 Å². The highest BCUT2D eigenvalue weighted by Crippen LogP contribution is 2.24. The molecule has 2 rings (SSSR count). The van der Waals surface area contributed by atoms with Crippen LogP contribution in [0.2, 0.25) is 0 Å². The third-order valence-electron chi connectivity index (χ3n) is 4.32. The van der Waals surface area contributed by atoms with Crippen molar-refractivity contribution in [3.05, 3.63) is 35.4 Å². The molecule has 114 valence electrons. The van der Waals surface area contributed by atoms with Crippen molar-refractivity contribution in [2.75, 3.05) is 6.54 Å². The molecule has 1 N–H and O–H groups in total. The van der Waals surface area contributed by atoms with E-state index in [2.05, 4.69) is 13.8 Å². The summed E-state index contributed by atoms with van der Waals surface area (Å²) in [6.07, 6.45) is 1.39. The summed E-state index contributed by atoms with van der Waals surface area (Å²) in [7, 11) is 0. The standard InChI is InChI=1S/C17H23NO3/c1-11(2)13-6-8-14(9-7-13)16(19)18-10-15(17(20)21)5-4-12(18)3/h6-9,11-12,15H,4-5,10H2,1-3H3,(H,20,21). The molecule has 0 radical (unpaired) electrons. The minimum Gasteiger partial charge on any atom is -0.481 e. The van der Waals surface area contributed by atoms with Crippen molar-refractivity contribution in [1.29, 1.82) is 0 Å². The molecule has 2 unspecified atom stereocenters. The van der Waals surface area contributed by atoms with Crippen molar-refractivity contribution < 1.29 is 14.7 Å². The molecule has 1 aliphatic rings. The lowest BCUT2D eigenvalue weighted by molar-refractivity contribution is -0.143. The van der Waals surface area contributed by atoms with Crippen molar-refractivity contribution in [2.24, 2.45) is 5.92 Å². The molecular weight excluding hydrogens is 266 g/mol. The Bertz CT molecular complexity index is 521. The van der Waals surface area contributed by atoms with Gasteiger partial charge in [-0.15, -0.1) is 0 Å². The van der Waals surface area contributed by atoms with E-state index in [1.807, 2.05) is 31.2 Å². The van der Waals surface area contributed by atoms with E-state index in [4.69, 9.17) is 5.11 Å². The number of benzene rings is 1. The summed E-state index contributed by atoms with van der Waals surface area (Å²) in [6, 6.07) is 7.73. The Kier molecular flexibility index (Phi) is 4.66. The Morgan fingerprint density at radius 3 is 2.33 bits per heavy atom. The van der Waals surface area contributed by atoms with Gasteiger partial charge in [0.25, 0.3) is 5.91 Å². The van der Waals surface area contributed by atoms with Crippen LogP contribution in [0.3, 0.4) is 0 Å². The topological polar surface area (TPSA) is 57.6 Å². The van der Waals surface area contributed by atoms with Crippen LogP contribution in [0.15, 0.2) is 24.3 Å². The number of nitrogens with zero attached hydrogens (tertiary/aromatic N) is 1. The van der Waals surface area contributed by atoms with Crippen LogP contribution in [-0.2, 0) is 4.79 Å². The van der Waals surface area contributed by atoms with Gasteiger partial charge in [0.15, 0.2) is 0 Å². The second kappa shape index (κ2) is 6.29. The molecule has 2 atom stereocenters. The van der Waals surface area contributed by atoms with Crippen LogP contribution in [0.4, 0.5) is 0 Å². The van der Waals surface area contributed by atoms with Gasteiger partial charge in [-0.1, -0.05) is 26.0 Å². The third-order valence-corrected chi connectivity index (χ3v) is 4.32. The fourth-order valence-electron chi connectivity index (χ4n) is 2.77. The second-order valence-corrected chi connectivity index (χ2v) is 6.20. The van der Waals surface area contributed by atoms with Crippen LogP contribution in [0.1, 0.15) is 55.5 Å². The van der Waals surface area contributed by atoms with Crippen LogP contribution in [0.25, 0.3) is 0 Å². The molecule has 4 heteroatoms. The number of hydrogen-bond acceptors (Lipinski definition) is 2. The lowest BCUT2D eigenvalue weighted by Crippen LogP contribution is -2.47. The number of carbonyl (C=O) groups is 2. The van der Waals surface area contributed by atoms with Crippen molar-refractivity contribution in [2.45, 2.75) is 45.6 Å². The highest BCUT2D eigenvalue weighted by Gasteiger charge is 2.32. The number of hydrogen-bond donors (Lipinski definition) is 1. The molecular formula is C17H23NO3. The predicted octanol–water partition coefficient (Wildman–Crippen LogP) is 3.14. The van der Waals surface area contributed by atoms with Crippen LogP contribution in [0.5, 0.6) is 0 Å². The Morgan fingerprint density at radius 1 is 1.19 bits per heavy atom. The zero-order valence-corrected chi connectivity index (χ0v) is 12.9. The zero-order valence-electron chi connectivity index (χ0n) is 12.9. The minimum atomic E-state index is -0.810. The van der Waals surface area contributed by atoms with Crippen molar-refractivity contribution in [3.8, 4) is 0 Å². The van der Waals surface area contributed by atoms with Gasteiger partial charge < -0.3 is 10.0 Å². The highest BCUT2D eigenvalue weighted by molar-refractivity contribution is 5.94. The molecule has 1 aromatic rings. The molecule has 1 fully saturated rings.